The molecule has 1 N–H and O–H groups in total. The predicted molar refractivity (Wildman–Crippen MR) is 87.1 cm³/mol. The molecule has 0 radical (unpaired) electrons. The second-order valence-corrected chi connectivity index (χ2v) is 5.39. The lowest BCUT2D eigenvalue weighted by Gasteiger charge is -2.36. The summed E-state index contributed by atoms with van der Waals surface area (Å²) in [5.41, 5.74) is -0.0663. The lowest BCUT2D eigenvalue weighted by molar-refractivity contribution is -0.385. The van der Waals surface area contributed by atoms with Gasteiger partial charge in [-0.25, -0.2) is 4.98 Å². The Morgan fingerprint density at radius 1 is 1.13 bits per heavy atom. The molecule has 2 aromatic rings. The number of para-hydroxylation sites is 1. The fourth-order valence-corrected chi connectivity index (χ4v) is 2.77. The van der Waals surface area contributed by atoms with Gasteiger partial charge in [0.15, 0.2) is 0 Å². The molecule has 0 atom stereocenters. The highest BCUT2D eigenvalue weighted by atomic mass is 16.6. The minimum Gasteiger partial charge on any atom is -0.368 e. The third-order valence-corrected chi connectivity index (χ3v) is 3.88. The molecule has 1 saturated heterocycles. The first-order chi connectivity index (χ1) is 11.1. The molecule has 0 saturated carbocycles. The number of hydrogen-bond acceptors (Lipinski definition) is 6. The number of nitro groups is 1. The van der Waals surface area contributed by atoms with Crippen molar-refractivity contribution in [2.45, 2.75) is 6.92 Å². The van der Waals surface area contributed by atoms with Crippen LogP contribution < -0.4 is 15.4 Å². The molecule has 1 fully saturated rings. The molecule has 8 nitrogen and oxygen atoms in total. The molecule has 1 aliphatic rings. The summed E-state index contributed by atoms with van der Waals surface area (Å²) >= 11 is 0. The number of H-pyrrole nitrogens is 1. The van der Waals surface area contributed by atoms with E-state index in [1.165, 1.54) is 0 Å². The van der Waals surface area contributed by atoms with Crippen LogP contribution in [0.15, 0.2) is 35.1 Å². The largest absolute Gasteiger partial charge is 0.375 e. The third-order valence-electron chi connectivity index (χ3n) is 3.88. The Hall–Kier alpha value is -2.90. The summed E-state index contributed by atoms with van der Waals surface area (Å²) in [7, 11) is 0. The molecule has 0 aliphatic carbocycles. The summed E-state index contributed by atoms with van der Waals surface area (Å²) in [6.07, 6.45) is 0. The van der Waals surface area contributed by atoms with Crippen LogP contribution in [0.25, 0.3) is 0 Å². The summed E-state index contributed by atoms with van der Waals surface area (Å²) in [6.45, 7) is 4.20. The van der Waals surface area contributed by atoms with E-state index in [1.807, 2.05) is 30.3 Å². The monoisotopic (exact) mass is 315 g/mol. The van der Waals surface area contributed by atoms with Crippen LogP contribution in [-0.4, -0.2) is 41.1 Å². The van der Waals surface area contributed by atoms with Gasteiger partial charge in [0.2, 0.25) is 5.82 Å². The molecule has 0 spiro atoms. The van der Waals surface area contributed by atoms with Gasteiger partial charge < -0.3 is 14.8 Å². The van der Waals surface area contributed by atoms with Gasteiger partial charge in [-0.2, -0.15) is 0 Å². The first-order valence-electron chi connectivity index (χ1n) is 7.36. The van der Waals surface area contributed by atoms with Crippen molar-refractivity contribution in [2.75, 3.05) is 36.0 Å². The summed E-state index contributed by atoms with van der Waals surface area (Å²) in [6, 6.07) is 10.00. The molecular weight excluding hydrogens is 298 g/mol. The van der Waals surface area contributed by atoms with Gasteiger partial charge >= 0.3 is 11.2 Å². The first-order valence-corrected chi connectivity index (χ1v) is 7.36. The predicted octanol–water partition coefficient (Wildman–Crippen LogP) is 1.31. The molecule has 2 heterocycles. The van der Waals surface area contributed by atoms with E-state index in [9.17, 15) is 14.9 Å². The molecule has 0 amide bonds. The summed E-state index contributed by atoms with van der Waals surface area (Å²) < 4.78 is 0. The second kappa shape index (κ2) is 6.07. The number of nitrogens with zero attached hydrogens (tertiary/aromatic N) is 4. The van der Waals surface area contributed by atoms with Crippen molar-refractivity contribution in [1.29, 1.82) is 0 Å². The van der Waals surface area contributed by atoms with Crippen molar-refractivity contribution in [3.8, 4) is 0 Å². The molecule has 1 aliphatic heterocycles. The van der Waals surface area contributed by atoms with Crippen LogP contribution in [-0.2, 0) is 0 Å². The lowest BCUT2D eigenvalue weighted by Crippen LogP contribution is -2.47. The van der Waals surface area contributed by atoms with Crippen LogP contribution in [0.4, 0.5) is 17.2 Å². The van der Waals surface area contributed by atoms with E-state index in [0.717, 1.165) is 5.69 Å². The molecule has 23 heavy (non-hydrogen) atoms. The van der Waals surface area contributed by atoms with Crippen molar-refractivity contribution in [3.63, 3.8) is 0 Å². The van der Waals surface area contributed by atoms with E-state index in [1.54, 1.807) is 11.8 Å². The second-order valence-electron chi connectivity index (χ2n) is 5.39. The zero-order valence-electron chi connectivity index (χ0n) is 12.7. The number of nitrogens with one attached hydrogen (secondary N) is 1. The third kappa shape index (κ3) is 3.01. The number of hydrogen-bond donors (Lipinski definition) is 1. The SMILES string of the molecule is Cc1nc(N2CCN(c3ccccc3)CC2)c([N+](=O)[O-])c(=O)[nH]1. The summed E-state index contributed by atoms with van der Waals surface area (Å²) in [4.78, 5) is 33.0. The van der Waals surface area contributed by atoms with Crippen LogP contribution in [0.5, 0.6) is 0 Å². The molecule has 8 heteroatoms. The van der Waals surface area contributed by atoms with Crippen molar-refractivity contribution in [3.05, 3.63) is 56.6 Å². The molecule has 1 aromatic carbocycles. The number of aryl methyl sites for hydroxylation is 1. The van der Waals surface area contributed by atoms with E-state index in [2.05, 4.69) is 14.9 Å². The zero-order chi connectivity index (χ0) is 16.4. The van der Waals surface area contributed by atoms with Crippen molar-refractivity contribution < 1.29 is 4.92 Å². The first kappa shape index (κ1) is 15.0. The smallest absolute Gasteiger partial charge is 0.368 e. The van der Waals surface area contributed by atoms with Crippen LogP contribution in [0.1, 0.15) is 5.82 Å². The van der Waals surface area contributed by atoms with Crippen molar-refractivity contribution in [1.82, 2.24) is 9.97 Å². The van der Waals surface area contributed by atoms with E-state index in [0.29, 0.717) is 32.0 Å². The van der Waals surface area contributed by atoms with Crippen LogP contribution in [0.2, 0.25) is 0 Å². The topological polar surface area (TPSA) is 95.4 Å². The molecule has 120 valence electrons. The van der Waals surface area contributed by atoms with Crippen molar-refractivity contribution in [2.24, 2.45) is 0 Å². The standard InChI is InChI=1S/C15H17N5O3/c1-11-16-14(13(20(22)23)15(21)17-11)19-9-7-18(8-10-19)12-5-3-2-4-6-12/h2-6H,7-10H2,1H3,(H,16,17,21). The van der Waals surface area contributed by atoms with Gasteiger partial charge in [-0.05, 0) is 19.1 Å². The Bertz CT molecular complexity index is 766. The summed E-state index contributed by atoms with van der Waals surface area (Å²) in [5, 5.41) is 11.2. The molecule has 3 rings (SSSR count). The zero-order valence-corrected chi connectivity index (χ0v) is 12.7. The molecule has 0 unspecified atom stereocenters. The number of rotatable bonds is 3. The molecule has 1 aromatic heterocycles. The van der Waals surface area contributed by atoms with E-state index in [4.69, 9.17) is 0 Å². The Balaban J connectivity index is 1.83. The van der Waals surface area contributed by atoms with Gasteiger partial charge in [0.1, 0.15) is 5.82 Å². The van der Waals surface area contributed by atoms with E-state index in [-0.39, 0.29) is 5.82 Å². The van der Waals surface area contributed by atoms with Crippen LogP contribution in [0.3, 0.4) is 0 Å². The fraction of sp³-hybridized carbons (Fsp3) is 0.333. The van der Waals surface area contributed by atoms with Crippen LogP contribution in [0, 0.1) is 17.0 Å². The highest BCUT2D eigenvalue weighted by Crippen LogP contribution is 2.24. The fourth-order valence-electron chi connectivity index (χ4n) is 2.77. The number of benzene rings is 1. The Morgan fingerprint density at radius 3 is 2.35 bits per heavy atom. The maximum atomic E-state index is 11.9. The minimum atomic E-state index is -0.706. The van der Waals surface area contributed by atoms with Crippen LogP contribution >= 0.6 is 0 Å². The highest BCUT2D eigenvalue weighted by Gasteiger charge is 2.28. The Morgan fingerprint density at radius 2 is 1.74 bits per heavy atom. The maximum absolute atomic E-state index is 11.9. The number of piperazine rings is 1. The molecule has 0 bridgehead atoms. The Kier molecular flexibility index (Phi) is 3.96. The van der Waals surface area contributed by atoms with Gasteiger partial charge in [0.05, 0.1) is 4.92 Å². The average Bonchev–Trinajstić information content (AvgIpc) is 2.54. The van der Waals surface area contributed by atoms with E-state index < -0.39 is 16.2 Å². The highest BCUT2D eigenvalue weighted by molar-refractivity contribution is 5.58. The normalized spacial score (nSPS) is 14.8. The van der Waals surface area contributed by atoms with Gasteiger partial charge in [-0.15, -0.1) is 0 Å². The quantitative estimate of drug-likeness (QED) is 0.678. The van der Waals surface area contributed by atoms with E-state index >= 15 is 0 Å². The number of aromatic amines is 1. The van der Waals surface area contributed by atoms with Gasteiger partial charge in [0, 0.05) is 31.9 Å². The number of aromatic nitrogens is 2. The maximum Gasteiger partial charge on any atom is 0.375 e. The minimum absolute atomic E-state index is 0.156. The van der Waals surface area contributed by atoms with Crippen molar-refractivity contribution >= 4 is 17.2 Å². The lowest BCUT2D eigenvalue weighted by atomic mass is 10.2. The molecular formula is C15H17N5O3. The van der Waals surface area contributed by atoms with Gasteiger partial charge in [-0.3, -0.25) is 14.9 Å². The summed E-state index contributed by atoms with van der Waals surface area (Å²) in [5.74, 6) is 0.532. The number of anilines is 2. The van der Waals surface area contributed by atoms with Gasteiger partial charge in [-0.1, -0.05) is 18.2 Å². The Labute approximate surface area is 132 Å². The van der Waals surface area contributed by atoms with Gasteiger partial charge in [0.25, 0.3) is 0 Å². The average molecular weight is 315 g/mol.